The summed E-state index contributed by atoms with van der Waals surface area (Å²) in [5, 5.41) is 0.639. The van der Waals surface area contributed by atoms with Crippen LogP contribution in [0.3, 0.4) is 0 Å². The molecular weight excluding hydrogens is 270 g/mol. The van der Waals surface area contributed by atoms with Gasteiger partial charge in [-0.2, -0.15) is 0 Å². The number of aromatic nitrogens is 1. The van der Waals surface area contributed by atoms with Crippen LogP contribution >= 0.6 is 11.3 Å². The Morgan fingerprint density at radius 2 is 2.20 bits per heavy atom. The Bertz CT molecular complexity index is 557. The zero-order chi connectivity index (χ0) is 13.9. The minimum Gasteiger partial charge on any atom is -0.375 e. The lowest BCUT2D eigenvalue weighted by atomic mass is 10.1. The van der Waals surface area contributed by atoms with E-state index in [-0.39, 0.29) is 6.10 Å². The molecule has 1 aromatic carbocycles. The van der Waals surface area contributed by atoms with Gasteiger partial charge in [-0.15, -0.1) is 11.3 Å². The molecule has 4 nitrogen and oxygen atoms in total. The second kappa shape index (κ2) is 5.91. The van der Waals surface area contributed by atoms with Crippen molar-refractivity contribution in [2.75, 3.05) is 18.9 Å². The molecule has 3 rings (SSSR count). The van der Waals surface area contributed by atoms with Gasteiger partial charge in [-0.25, -0.2) is 4.98 Å². The second-order valence-corrected chi connectivity index (χ2v) is 6.32. The summed E-state index contributed by atoms with van der Waals surface area (Å²) < 4.78 is 5.97. The zero-order valence-electron chi connectivity index (χ0n) is 11.5. The van der Waals surface area contributed by atoms with E-state index in [4.69, 9.17) is 10.5 Å². The fourth-order valence-corrected chi connectivity index (χ4v) is 3.20. The quantitative estimate of drug-likeness (QED) is 0.944. The Hall–Kier alpha value is -1.43. The number of nitrogens with two attached hydrogens (primary N) is 1. The highest BCUT2D eigenvalue weighted by Crippen LogP contribution is 2.27. The Morgan fingerprint density at radius 1 is 1.40 bits per heavy atom. The number of nitrogens with zero attached hydrogens (tertiary/aromatic N) is 2. The monoisotopic (exact) mass is 289 g/mol. The van der Waals surface area contributed by atoms with E-state index in [9.17, 15) is 0 Å². The zero-order valence-corrected chi connectivity index (χ0v) is 12.3. The molecule has 106 valence electrons. The van der Waals surface area contributed by atoms with Crippen molar-refractivity contribution in [2.24, 2.45) is 0 Å². The lowest BCUT2D eigenvalue weighted by Gasteiger charge is -2.37. The van der Waals surface area contributed by atoms with Crippen molar-refractivity contribution in [3.63, 3.8) is 0 Å². The molecule has 0 radical (unpaired) electrons. The summed E-state index contributed by atoms with van der Waals surface area (Å²) in [6.07, 6.45) is 2.03. The maximum Gasteiger partial charge on any atom is 0.180 e. The molecule has 2 unspecified atom stereocenters. The van der Waals surface area contributed by atoms with Crippen molar-refractivity contribution < 1.29 is 4.74 Å². The first-order chi connectivity index (χ1) is 9.72. The topological polar surface area (TPSA) is 51.4 Å². The van der Waals surface area contributed by atoms with Crippen LogP contribution in [0.15, 0.2) is 36.5 Å². The summed E-state index contributed by atoms with van der Waals surface area (Å²) in [7, 11) is 0. The van der Waals surface area contributed by atoms with Gasteiger partial charge in [-0.3, -0.25) is 4.90 Å². The number of ether oxygens (including phenoxy) is 1. The van der Waals surface area contributed by atoms with Gasteiger partial charge in [0.25, 0.3) is 0 Å². The van der Waals surface area contributed by atoms with Crippen LogP contribution in [0.1, 0.15) is 23.5 Å². The van der Waals surface area contributed by atoms with E-state index < -0.39 is 0 Å². The molecule has 1 fully saturated rings. The average Bonchev–Trinajstić information content (AvgIpc) is 2.88. The minimum atomic E-state index is 0.151. The summed E-state index contributed by atoms with van der Waals surface area (Å²) in [5.74, 6) is 0. The fourth-order valence-electron chi connectivity index (χ4n) is 2.49. The normalized spacial score (nSPS) is 23.9. The van der Waals surface area contributed by atoms with E-state index in [1.165, 1.54) is 10.4 Å². The maximum atomic E-state index is 5.97. The van der Waals surface area contributed by atoms with Gasteiger partial charge >= 0.3 is 0 Å². The summed E-state index contributed by atoms with van der Waals surface area (Å²) in [5.41, 5.74) is 6.94. The van der Waals surface area contributed by atoms with Gasteiger partial charge in [0.15, 0.2) is 5.13 Å². The second-order valence-electron chi connectivity index (χ2n) is 5.18. The fraction of sp³-hybridized carbons (Fsp3) is 0.400. The highest BCUT2D eigenvalue weighted by Gasteiger charge is 2.27. The van der Waals surface area contributed by atoms with Crippen LogP contribution in [0.4, 0.5) is 5.13 Å². The van der Waals surface area contributed by atoms with E-state index in [0.29, 0.717) is 11.2 Å². The van der Waals surface area contributed by atoms with Crippen LogP contribution in [-0.4, -0.2) is 29.1 Å². The van der Waals surface area contributed by atoms with Crippen molar-refractivity contribution in [1.29, 1.82) is 0 Å². The standard InChI is InChI=1S/C15H19N3OS/c1-11-10-19-14(12-5-3-2-4-6-12)9-18(11)8-13-7-17-15(16)20-13/h2-7,11,14H,8-10H2,1H3,(H2,16,17). The minimum absolute atomic E-state index is 0.151. The van der Waals surface area contributed by atoms with Gasteiger partial charge in [-0.1, -0.05) is 30.3 Å². The number of hydrogen-bond donors (Lipinski definition) is 1. The van der Waals surface area contributed by atoms with Crippen LogP contribution in [0.25, 0.3) is 0 Å². The number of thiazole rings is 1. The number of nitrogen functional groups attached to an aromatic ring is 1. The van der Waals surface area contributed by atoms with E-state index in [1.54, 1.807) is 11.3 Å². The molecule has 1 saturated heterocycles. The van der Waals surface area contributed by atoms with Gasteiger partial charge in [0.1, 0.15) is 0 Å². The molecule has 1 aromatic heterocycles. The van der Waals surface area contributed by atoms with Gasteiger partial charge in [0, 0.05) is 30.2 Å². The molecule has 0 bridgehead atoms. The summed E-state index contributed by atoms with van der Waals surface area (Å²) in [6, 6.07) is 10.8. The maximum absolute atomic E-state index is 5.97. The lowest BCUT2D eigenvalue weighted by molar-refractivity contribution is -0.0630. The van der Waals surface area contributed by atoms with Crippen molar-refractivity contribution in [3.05, 3.63) is 47.0 Å². The number of hydrogen-bond acceptors (Lipinski definition) is 5. The van der Waals surface area contributed by atoms with Crippen LogP contribution in [0, 0.1) is 0 Å². The van der Waals surface area contributed by atoms with Gasteiger partial charge in [0.2, 0.25) is 0 Å². The molecule has 0 amide bonds. The van der Waals surface area contributed by atoms with Crippen LogP contribution in [0.2, 0.25) is 0 Å². The molecule has 0 saturated carbocycles. The third-order valence-electron chi connectivity index (χ3n) is 3.66. The number of benzene rings is 1. The lowest BCUT2D eigenvalue weighted by Crippen LogP contribution is -2.44. The Morgan fingerprint density at radius 3 is 2.90 bits per heavy atom. The Kier molecular flexibility index (Phi) is 4.00. The molecule has 20 heavy (non-hydrogen) atoms. The SMILES string of the molecule is CC1COC(c2ccccc2)CN1Cc1cnc(N)s1. The highest BCUT2D eigenvalue weighted by atomic mass is 32.1. The van der Waals surface area contributed by atoms with Crippen LogP contribution in [0.5, 0.6) is 0 Å². The molecule has 2 atom stereocenters. The number of anilines is 1. The van der Waals surface area contributed by atoms with Crippen molar-refractivity contribution in [3.8, 4) is 0 Å². The molecule has 2 N–H and O–H groups in total. The first-order valence-electron chi connectivity index (χ1n) is 6.83. The Labute approximate surface area is 123 Å². The van der Waals surface area contributed by atoms with E-state index >= 15 is 0 Å². The predicted octanol–water partition coefficient (Wildman–Crippen LogP) is 2.69. The molecule has 0 spiro atoms. The van der Waals surface area contributed by atoms with Crippen molar-refractivity contribution in [1.82, 2.24) is 9.88 Å². The molecular formula is C15H19N3OS. The van der Waals surface area contributed by atoms with Crippen molar-refractivity contribution >= 4 is 16.5 Å². The summed E-state index contributed by atoms with van der Waals surface area (Å²) in [4.78, 5) is 7.77. The molecule has 2 aromatic rings. The first-order valence-corrected chi connectivity index (χ1v) is 7.65. The number of morpholine rings is 1. The van der Waals surface area contributed by atoms with E-state index in [2.05, 4.69) is 41.1 Å². The van der Waals surface area contributed by atoms with Crippen LogP contribution in [-0.2, 0) is 11.3 Å². The molecule has 5 heteroatoms. The smallest absolute Gasteiger partial charge is 0.180 e. The predicted molar refractivity (Wildman–Crippen MR) is 81.5 cm³/mol. The third kappa shape index (κ3) is 3.00. The molecule has 1 aliphatic heterocycles. The van der Waals surface area contributed by atoms with Crippen LogP contribution < -0.4 is 5.73 Å². The van der Waals surface area contributed by atoms with Gasteiger partial charge in [0.05, 0.1) is 12.7 Å². The summed E-state index contributed by atoms with van der Waals surface area (Å²) in [6.45, 7) is 4.76. The average molecular weight is 289 g/mol. The molecule has 1 aliphatic rings. The first kappa shape index (κ1) is 13.5. The third-order valence-corrected chi connectivity index (χ3v) is 4.48. The molecule has 0 aliphatic carbocycles. The van der Waals surface area contributed by atoms with Gasteiger partial charge < -0.3 is 10.5 Å². The van der Waals surface area contributed by atoms with E-state index in [1.807, 2.05) is 12.3 Å². The van der Waals surface area contributed by atoms with E-state index in [0.717, 1.165) is 19.7 Å². The number of rotatable bonds is 3. The van der Waals surface area contributed by atoms with Crippen molar-refractivity contribution in [2.45, 2.75) is 25.6 Å². The molecule has 2 heterocycles. The van der Waals surface area contributed by atoms with Gasteiger partial charge in [-0.05, 0) is 12.5 Å². The highest BCUT2D eigenvalue weighted by molar-refractivity contribution is 7.15. The Balaban J connectivity index is 1.70. The summed E-state index contributed by atoms with van der Waals surface area (Å²) >= 11 is 1.56. The largest absolute Gasteiger partial charge is 0.375 e.